The zero-order valence-electron chi connectivity index (χ0n) is 13.0. The molecule has 0 aliphatic carbocycles. The fraction of sp³-hybridized carbons (Fsp3) is 0.500. The Kier molecular flexibility index (Phi) is 5.69. The minimum atomic E-state index is -3.87. The fourth-order valence-electron chi connectivity index (χ4n) is 2.37. The molecule has 23 heavy (non-hydrogen) atoms. The number of rotatable bonds is 6. The second kappa shape index (κ2) is 7.35. The number of sulfonamides is 1. The lowest BCUT2D eigenvalue weighted by Gasteiger charge is -2.24. The van der Waals surface area contributed by atoms with Crippen LogP contribution in [-0.2, 0) is 26.1 Å². The van der Waals surface area contributed by atoms with Crippen LogP contribution in [0.1, 0.15) is 12.5 Å². The zero-order chi connectivity index (χ0) is 17.0. The molecule has 1 aromatic carbocycles. The van der Waals surface area contributed by atoms with Gasteiger partial charge in [0.2, 0.25) is 10.0 Å². The van der Waals surface area contributed by atoms with E-state index in [2.05, 4.69) is 10.9 Å². The molecule has 128 valence electrons. The molecule has 2 atom stereocenters. The Morgan fingerprint density at radius 1 is 1.43 bits per heavy atom. The van der Waals surface area contributed by atoms with Gasteiger partial charge in [-0.3, -0.25) is 10.2 Å². The van der Waals surface area contributed by atoms with E-state index < -0.39 is 33.1 Å². The van der Waals surface area contributed by atoms with Crippen LogP contribution < -0.4 is 10.9 Å². The van der Waals surface area contributed by atoms with Gasteiger partial charge in [-0.1, -0.05) is 18.2 Å². The highest BCUT2D eigenvalue weighted by molar-refractivity contribution is 7.89. The van der Waals surface area contributed by atoms with Gasteiger partial charge in [0.05, 0.1) is 6.61 Å². The van der Waals surface area contributed by atoms with Crippen molar-refractivity contribution < 1.29 is 22.3 Å². The number of carbonyl (C=O) groups is 1. The van der Waals surface area contributed by atoms with E-state index in [4.69, 9.17) is 4.74 Å². The maximum atomic E-state index is 13.7. The van der Waals surface area contributed by atoms with Gasteiger partial charge >= 0.3 is 5.97 Å². The van der Waals surface area contributed by atoms with E-state index >= 15 is 0 Å². The van der Waals surface area contributed by atoms with E-state index in [-0.39, 0.29) is 25.3 Å². The third-order valence-corrected chi connectivity index (χ3v) is 5.71. The number of nitrogens with zero attached hydrogens (tertiary/aromatic N) is 1. The normalized spacial score (nSPS) is 21.6. The standard InChI is InChI=1S/C14H20FN3O4S/c1-3-22-14(19)11-8-16-17-13(11)23(20,21)18(2)9-10-6-4-5-7-12(10)15/h4-7,11,13,16-17H,3,8-9H2,1-2H3. The van der Waals surface area contributed by atoms with Gasteiger partial charge in [0.1, 0.15) is 11.7 Å². The molecular formula is C14H20FN3O4S. The van der Waals surface area contributed by atoms with Crippen LogP contribution in [0.4, 0.5) is 4.39 Å². The van der Waals surface area contributed by atoms with E-state index in [9.17, 15) is 17.6 Å². The van der Waals surface area contributed by atoms with Gasteiger partial charge in [0.25, 0.3) is 0 Å². The van der Waals surface area contributed by atoms with Crippen LogP contribution in [-0.4, -0.2) is 44.3 Å². The molecule has 9 heteroatoms. The van der Waals surface area contributed by atoms with Crippen molar-refractivity contribution in [2.75, 3.05) is 20.2 Å². The highest BCUT2D eigenvalue weighted by atomic mass is 32.2. The summed E-state index contributed by atoms with van der Waals surface area (Å²) >= 11 is 0. The van der Waals surface area contributed by atoms with Crippen molar-refractivity contribution in [3.05, 3.63) is 35.6 Å². The molecule has 1 fully saturated rings. The number of esters is 1. The Bertz CT molecular complexity index is 668. The van der Waals surface area contributed by atoms with E-state index in [0.29, 0.717) is 0 Å². The van der Waals surface area contributed by atoms with E-state index in [0.717, 1.165) is 4.31 Å². The Morgan fingerprint density at radius 2 is 2.13 bits per heavy atom. The van der Waals surface area contributed by atoms with Gasteiger partial charge in [-0.25, -0.2) is 18.2 Å². The number of hydrazine groups is 1. The molecule has 7 nitrogen and oxygen atoms in total. The van der Waals surface area contributed by atoms with Crippen LogP contribution in [0.25, 0.3) is 0 Å². The molecule has 0 bridgehead atoms. The van der Waals surface area contributed by atoms with Crippen LogP contribution in [0.2, 0.25) is 0 Å². The molecule has 1 heterocycles. The molecule has 1 aromatic rings. The first-order chi connectivity index (χ1) is 10.9. The minimum absolute atomic E-state index is 0.122. The summed E-state index contributed by atoms with van der Waals surface area (Å²) in [4.78, 5) is 11.9. The summed E-state index contributed by atoms with van der Waals surface area (Å²) in [7, 11) is -2.52. The quantitative estimate of drug-likeness (QED) is 0.716. The summed E-state index contributed by atoms with van der Waals surface area (Å²) in [6, 6.07) is 5.96. The maximum absolute atomic E-state index is 13.7. The number of carbonyl (C=O) groups excluding carboxylic acids is 1. The summed E-state index contributed by atoms with van der Waals surface area (Å²) in [5, 5.41) is -1.15. The van der Waals surface area contributed by atoms with Gasteiger partial charge in [-0.15, -0.1) is 0 Å². The minimum Gasteiger partial charge on any atom is -0.466 e. The first-order valence-electron chi connectivity index (χ1n) is 7.21. The summed E-state index contributed by atoms with van der Waals surface area (Å²) in [6.07, 6.45) is 0. The van der Waals surface area contributed by atoms with Crippen LogP contribution in [0.3, 0.4) is 0 Å². The molecule has 2 rings (SSSR count). The Hall–Kier alpha value is -1.55. The Labute approximate surface area is 134 Å². The van der Waals surface area contributed by atoms with Crippen LogP contribution >= 0.6 is 0 Å². The molecule has 0 saturated carbocycles. The van der Waals surface area contributed by atoms with Gasteiger partial charge in [0, 0.05) is 25.7 Å². The molecule has 2 unspecified atom stereocenters. The molecular weight excluding hydrogens is 325 g/mol. The van der Waals surface area contributed by atoms with Crippen molar-refractivity contribution in [2.45, 2.75) is 18.8 Å². The van der Waals surface area contributed by atoms with Crippen LogP contribution in [0.5, 0.6) is 0 Å². The van der Waals surface area contributed by atoms with Gasteiger partial charge in [-0.05, 0) is 13.0 Å². The van der Waals surface area contributed by atoms with Crippen molar-refractivity contribution in [3.8, 4) is 0 Å². The molecule has 1 aliphatic heterocycles. The third kappa shape index (κ3) is 3.86. The second-order valence-corrected chi connectivity index (χ2v) is 7.36. The molecule has 0 amide bonds. The number of hydrogen-bond donors (Lipinski definition) is 2. The lowest BCUT2D eigenvalue weighted by Crippen LogP contribution is -2.47. The highest BCUT2D eigenvalue weighted by Gasteiger charge is 2.44. The van der Waals surface area contributed by atoms with Crippen molar-refractivity contribution >= 4 is 16.0 Å². The summed E-state index contributed by atoms with van der Waals surface area (Å²) in [6.45, 7) is 1.85. The Balaban J connectivity index is 2.16. The average molecular weight is 345 g/mol. The van der Waals surface area contributed by atoms with Crippen LogP contribution in [0, 0.1) is 11.7 Å². The third-order valence-electron chi connectivity index (χ3n) is 3.63. The molecule has 1 saturated heterocycles. The average Bonchev–Trinajstić information content (AvgIpc) is 3.00. The van der Waals surface area contributed by atoms with Gasteiger partial charge < -0.3 is 4.74 Å². The topological polar surface area (TPSA) is 87.7 Å². The summed E-state index contributed by atoms with van der Waals surface area (Å²) in [5.41, 5.74) is 5.52. The number of nitrogens with one attached hydrogen (secondary N) is 2. The number of ether oxygens (including phenoxy) is 1. The fourth-order valence-corrected chi connectivity index (χ4v) is 3.93. The largest absolute Gasteiger partial charge is 0.466 e. The van der Waals surface area contributed by atoms with Crippen molar-refractivity contribution in [3.63, 3.8) is 0 Å². The Morgan fingerprint density at radius 3 is 2.78 bits per heavy atom. The number of benzene rings is 1. The first-order valence-corrected chi connectivity index (χ1v) is 8.71. The van der Waals surface area contributed by atoms with E-state index in [1.807, 2.05) is 0 Å². The molecule has 1 aliphatic rings. The second-order valence-electron chi connectivity index (χ2n) is 5.20. The predicted molar refractivity (Wildman–Crippen MR) is 81.8 cm³/mol. The van der Waals surface area contributed by atoms with Gasteiger partial charge in [0.15, 0.2) is 5.37 Å². The predicted octanol–water partition coefficient (Wildman–Crippen LogP) is 0.201. The lowest BCUT2D eigenvalue weighted by atomic mass is 10.2. The number of hydrogen-bond acceptors (Lipinski definition) is 6. The van der Waals surface area contributed by atoms with Crippen molar-refractivity contribution in [1.82, 2.24) is 15.2 Å². The van der Waals surface area contributed by atoms with E-state index in [1.54, 1.807) is 13.0 Å². The molecule has 2 N–H and O–H groups in total. The number of halogens is 1. The van der Waals surface area contributed by atoms with E-state index in [1.165, 1.54) is 25.2 Å². The smallest absolute Gasteiger partial charge is 0.313 e. The zero-order valence-corrected chi connectivity index (χ0v) is 13.8. The molecule has 0 spiro atoms. The first kappa shape index (κ1) is 17.8. The van der Waals surface area contributed by atoms with Crippen molar-refractivity contribution in [1.29, 1.82) is 0 Å². The highest BCUT2D eigenvalue weighted by Crippen LogP contribution is 2.21. The molecule has 0 aromatic heterocycles. The monoisotopic (exact) mass is 345 g/mol. The van der Waals surface area contributed by atoms with Crippen LogP contribution in [0.15, 0.2) is 24.3 Å². The summed E-state index contributed by atoms with van der Waals surface area (Å²) < 4.78 is 45.0. The SMILES string of the molecule is CCOC(=O)C1CNNC1S(=O)(=O)N(C)Cc1ccccc1F. The summed E-state index contributed by atoms with van der Waals surface area (Å²) in [5.74, 6) is -1.92. The van der Waals surface area contributed by atoms with Gasteiger partial charge in [-0.2, -0.15) is 4.31 Å². The van der Waals surface area contributed by atoms with Crippen molar-refractivity contribution in [2.24, 2.45) is 5.92 Å². The lowest BCUT2D eigenvalue weighted by molar-refractivity contribution is -0.147. The maximum Gasteiger partial charge on any atom is 0.313 e. The molecule has 0 radical (unpaired) electrons.